The molecule has 0 saturated heterocycles. The monoisotopic (exact) mass is 291 g/mol. The Balaban J connectivity index is 2.60. The predicted octanol–water partition coefficient (Wildman–Crippen LogP) is 2.67. The zero-order valence-corrected chi connectivity index (χ0v) is 10.1. The summed E-state index contributed by atoms with van der Waals surface area (Å²) in [4.78, 5) is 2.69. The molecule has 6 heteroatoms. The third-order valence-corrected chi connectivity index (χ3v) is 6.07. The molecule has 14 heavy (non-hydrogen) atoms. The molecule has 2 aromatic heterocycles. The van der Waals surface area contributed by atoms with E-state index in [0.29, 0.717) is 8.68 Å². The van der Waals surface area contributed by atoms with E-state index in [1.165, 1.54) is 11.3 Å². The van der Waals surface area contributed by atoms with Gasteiger partial charge < -0.3 is 4.98 Å². The molecule has 0 bridgehead atoms. The van der Waals surface area contributed by atoms with Crippen molar-refractivity contribution >= 4 is 37.1 Å². The second-order valence-corrected chi connectivity index (χ2v) is 6.48. The van der Waals surface area contributed by atoms with E-state index < -0.39 is 9.84 Å². The van der Waals surface area contributed by atoms with E-state index in [2.05, 4.69) is 20.9 Å². The van der Waals surface area contributed by atoms with Gasteiger partial charge in [-0.25, -0.2) is 8.42 Å². The fraction of sp³-hybridized carbons (Fsp3) is 0. The average molecular weight is 292 g/mol. The highest BCUT2D eigenvalue weighted by atomic mass is 79.9. The van der Waals surface area contributed by atoms with Crippen molar-refractivity contribution in [3.8, 4) is 0 Å². The Labute approximate surface area is 93.8 Å². The molecule has 2 rings (SSSR count). The van der Waals surface area contributed by atoms with Gasteiger partial charge in [0, 0.05) is 10.7 Å². The van der Waals surface area contributed by atoms with E-state index in [-0.39, 0.29) is 5.03 Å². The number of aromatic amines is 1. The molecule has 0 fully saturated rings. The number of sulfone groups is 1. The van der Waals surface area contributed by atoms with Crippen LogP contribution in [0.3, 0.4) is 0 Å². The van der Waals surface area contributed by atoms with Gasteiger partial charge in [-0.1, -0.05) is 0 Å². The van der Waals surface area contributed by atoms with Crippen LogP contribution in [0.25, 0.3) is 0 Å². The van der Waals surface area contributed by atoms with Crippen molar-refractivity contribution in [2.75, 3.05) is 0 Å². The fourth-order valence-corrected chi connectivity index (χ4v) is 4.74. The van der Waals surface area contributed by atoms with Crippen LogP contribution in [0.5, 0.6) is 0 Å². The number of hydrogen-bond donors (Lipinski definition) is 1. The lowest BCUT2D eigenvalue weighted by Gasteiger charge is -1.98. The number of halogens is 1. The Morgan fingerprint density at radius 2 is 2.14 bits per heavy atom. The van der Waals surface area contributed by atoms with E-state index in [0.717, 1.165) is 0 Å². The summed E-state index contributed by atoms with van der Waals surface area (Å²) in [5.74, 6) is 0. The van der Waals surface area contributed by atoms with Gasteiger partial charge in [-0.05, 0) is 39.5 Å². The Hall–Kier alpha value is -0.590. The van der Waals surface area contributed by atoms with Gasteiger partial charge in [0.15, 0.2) is 0 Å². The van der Waals surface area contributed by atoms with Gasteiger partial charge >= 0.3 is 0 Å². The molecule has 0 atom stereocenters. The standard InChI is InChI=1S/C8H6BrNO2S2/c9-6-3-5-13-8(6)14(11,12)7-2-1-4-10-7/h1-5,10H. The zero-order valence-electron chi connectivity index (χ0n) is 6.90. The lowest BCUT2D eigenvalue weighted by atomic mass is 10.7. The Bertz CT molecular complexity index is 527. The highest BCUT2D eigenvalue weighted by molar-refractivity contribution is 9.10. The SMILES string of the molecule is O=S(=O)(c1ccc[nH]1)c1sccc1Br. The maximum absolute atomic E-state index is 11.9. The van der Waals surface area contributed by atoms with Crippen molar-refractivity contribution in [1.82, 2.24) is 4.98 Å². The number of aromatic nitrogens is 1. The molecule has 0 saturated carbocycles. The van der Waals surface area contributed by atoms with Crippen molar-refractivity contribution < 1.29 is 8.42 Å². The van der Waals surface area contributed by atoms with Crippen LogP contribution in [0.4, 0.5) is 0 Å². The number of H-pyrrole nitrogens is 1. The van der Waals surface area contributed by atoms with Crippen LogP contribution in [-0.2, 0) is 9.84 Å². The molecule has 1 N–H and O–H groups in total. The summed E-state index contributed by atoms with van der Waals surface area (Å²) in [6.45, 7) is 0. The number of thiophene rings is 1. The van der Waals surface area contributed by atoms with Crippen LogP contribution in [0.2, 0.25) is 0 Å². The van der Waals surface area contributed by atoms with Crippen molar-refractivity contribution in [2.45, 2.75) is 9.24 Å². The van der Waals surface area contributed by atoms with E-state index in [1.54, 1.807) is 29.8 Å². The summed E-state index contributed by atoms with van der Waals surface area (Å²) in [5, 5.41) is 1.96. The molecule has 0 spiro atoms. The zero-order chi connectivity index (χ0) is 10.2. The molecule has 3 nitrogen and oxygen atoms in total. The van der Waals surface area contributed by atoms with Crippen LogP contribution >= 0.6 is 27.3 Å². The summed E-state index contributed by atoms with van der Waals surface area (Å²) in [6, 6.07) is 4.93. The summed E-state index contributed by atoms with van der Waals surface area (Å²) < 4.78 is 24.8. The third-order valence-electron chi connectivity index (χ3n) is 1.69. The van der Waals surface area contributed by atoms with Crippen LogP contribution < -0.4 is 0 Å². The molecular weight excluding hydrogens is 286 g/mol. The highest BCUT2D eigenvalue weighted by Gasteiger charge is 2.22. The molecule has 2 aromatic rings. The Morgan fingerprint density at radius 1 is 1.36 bits per heavy atom. The first-order chi connectivity index (χ1) is 6.62. The number of rotatable bonds is 2. The Kier molecular flexibility index (Phi) is 2.50. The molecule has 0 amide bonds. The van der Waals surface area contributed by atoms with Crippen molar-refractivity contribution in [3.05, 3.63) is 34.2 Å². The van der Waals surface area contributed by atoms with Gasteiger partial charge in [0.25, 0.3) is 0 Å². The molecule has 2 heterocycles. The summed E-state index contributed by atoms with van der Waals surface area (Å²) in [5.41, 5.74) is 0. The fourth-order valence-electron chi connectivity index (χ4n) is 1.05. The number of hydrogen-bond acceptors (Lipinski definition) is 3. The predicted molar refractivity (Wildman–Crippen MR) is 58.3 cm³/mol. The normalized spacial score (nSPS) is 11.8. The summed E-state index contributed by atoms with van der Waals surface area (Å²) in [6.07, 6.45) is 1.59. The molecule has 0 radical (unpaired) electrons. The lowest BCUT2D eigenvalue weighted by molar-refractivity contribution is 0.595. The van der Waals surface area contributed by atoms with Gasteiger partial charge in [-0.3, -0.25) is 0 Å². The first-order valence-corrected chi connectivity index (χ1v) is 6.89. The van der Waals surface area contributed by atoms with Crippen LogP contribution in [0, 0.1) is 0 Å². The van der Waals surface area contributed by atoms with Gasteiger partial charge in [-0.15, -0.1) is 11.3 Å². The number of nitrogens with one attached hydrogen (secondary N) is 1. The highest BCUT2D eigenvalue weighted by Crippen LogP contribution is 2.31. The minimum atomic E-state index is -3.37. The van der Waals surface area contributed by atoms with Crippen LogP contribution in [0.15, 0.2) is 43.5 Å². The van der Waals surface area contributed by atoms with Crippen molar-refractivity contribution in [2.24, 2.45) is 0 Å². The topological polar surface area (TPSA) is 49.9 Å². The van der Waals surface area contributed by atoms with Crippen LogP contribution in [-0.4, -0.2) is 13.4 Å². The largest absolute Gasteiger partial charge is 0.352 e. The van der Waals surface area contributed by atoms with Crippen molar-refractivity contribution in [1.29, 1.82) is 0 Å². The maximum Gasteiger partial charge on any atom is 0.232 e. The molecule has 0 aliphatic rings. The lowest BCUT2D eigenvalue weighted by Crippen LogP contribution is -2.00. The van der Waals surface area contributed by atoms with Gasteiger partial charge in [0.2, 0.25) is 9.84 Å². The molecule has 74 valence electrons. The molecular formula is C8H6BrNO2S2. The van der Waals surface area contributed by atoms with Crippen LogP contribution in [0.1, 0.15) is 0 Å². The van der Waals surface area contributed by atoms with Gasteiger partial charge in [-0.2, -0.15) is 0 Å². The average Bonchev–Trinajstić information content (AvgIpc) is 2.72. The second-order valence-electron chi connectivity index (χ2n) is 2.59. The third kappa shape index (κ3) is 1.53. The minimum Gasteiger partial charge on any atom is -0.352 e. The maximum atomic E-state index is 11.9. The molecule has 0 aliphatic carbocycles. The minimum absolute atomic E-state index is 0.223. The first-order valence-electron chi connectivity index (χ1n) is 3.74. The summed E-state index contributed by atoms with van der Waals surface area (Å²) >= 11 is 4.40. The van der Waals surface area contributed by atoms with E-state index in [4.69, 9.17) is 0 Å². The van der Waals surface area contributed by atoms with E-state index >= 15 is 0 Å². The smallest absolute Gasteiger partial charge is 0.232 e. The van der Waals surface area contributed by atoms with E-state index in [1.807, 2.05) is 0 Å². The molecule has 0 unspecified atom stereocenters. The summed E-state index contributed by atoms with van der Waals surface area (Å²) in [7, 11) is -3.37. The first kappa shape index (κ1) is 9.95. The van der Waals surface area contributed by atoms with Crippen molar-refractivity contribution in [3.63, 3.8) is 0 Å². The van der Waals surface area contributed by atoms with E-state index in [9.17, 15) is 8.42 Å². The second kappa shape index (κ2) is 3.52. The molecule has 0 aliphatic heterocycles. The van der Waals surface area contributed by atoms with Gasteiger partial charge in [0.1, 0.15) is 9.24 Å². The Morgan fingerprint density at radius 3 is 2.64 bits per heavy atom. The van der Waals surface area contributed by atoms with Gasteiger partial charge in [0.05, 0.1) is 0 Å². The molecule has 0 aromatic carbocycles. The quantitative estimate of drug-likeness (QED) is 0.925.